The number of methoxy groups -OCH3 is 1. The molecule has 4 heteroatoms. The van der Waals surface area contributed by atoms with Crippen molar-refractivity contribution in [3.63, 3.8) is 0 Å². The largest absolute Gasteiger partial charge is 0.469 e. The molecule has 3 rings (SSSR count). The minimum Gasteiger partial charge on any atom is -0.469 e. The molecule has 144 valence electrons. The van der Waals surface area contributed by atoms with Crippen molar-refractivity contribution in [2.24, 2.45) is 34.0 Å². The summed E-state index contributed by atoms with van der Waals surface area (Å²) in [7, 11) is 1.51. The molecular formula is C21H36O4. The van der Waals surface area contributed by atoms with E-state index in [4.69, 9.17) is 4.74 Å². The highest BCUT2D eigenvalue weighted by molar-refractivity contribution is 5.77. The van der Waals surface area contributed by atoms with Crippen LogP contribution < -0.4 is 0 Å². The summed E-state index contributed by atoms with van der Waals surface area (Å²) in [5, 5.41) is 20.6. The van der Waals surface area contributed by atoms with Gasteiger partial charge in [0.2, 0.25) is 0 Å². The van der Waals surface area contributed by atoms with Crippen LogP contribution in [0.25, 0.3) is 0 Å². The van der Waals surface area contributed by atoms with Crippen molar-refractivity contribution in [1.82, 2.24) is 0 Å². The van der Waals surface area contributed by atoms with Gasteiger partial charge in [0.25, 0.3) is 0 Å². The molecule has 3 fully saturated rings. The number of hydrogen-bond acceptors (Lipinski definition) is 4. The Morgan fingerprint density at radius 2 is 1.84 bits per heavy atom. The zero-order valence-electron chi connectivity index (χ0n) is 16.4. The predicted octanol–water partition coefficient (Wildman–Crippen LogP) is 3.54. The molecule has 4 nitrogen and oxygen atoms in total. The molecule has 0 bridgehead atoms. The summed E-state index contributed by atoms with van der Waals surface area (Å²) in [5.41, 5.74) is -0.450. The van der Waals surface area contributed by atoms with E-state index < -0.39 is 0 Å². The molecule has 0 aromatic rings. The molecule has 3 aliphatic carbocycles. The molecule has 0 unspecified atom stereocenters. The third kappa shape index (κ3) is 2.75. The van der Waals surface area contributed by atoms with Crippen LogP contribution in [-0.2, 0) is 9.53 Å². The van der Waals surface area contributed by atoms with E-state index in [0.29, 0.717) is 24.2 Å². The first-order chi connectivity index (χ1) is 11.7. The first-order valence-corrected chi connectivity index (χ1v) is 10.1. The molecule has 7 atom stereocenters. The molecule has 0 amide bonds. The van der Waals surface area contributed by atoms with Crippen molar-refractivity contribution >= 4 is 5.97 Å². The average Bonchev–Trinajstić information content (AvgIpc) is 2.57. The van der Waals surface area contributed by atoms with E-state index in [1.54, 1.807) is 0 Å². The maximum Gasteiger partial charge on any atom is 0.311 e. The van der Waals surface area contributed by atoms with Crippen molar-refractivity contribution in [2.45, 2.75) is 78.2 Å². The van der Waals surface area contributed by atoms with Crippen LogP contribution in [0.2, 0.25) is 0 Å². The van der Waals surface area contributed by atoms with Crippen LogP contribution in [0.5, 0.6) is 0 Å². The van der Waals surface area contributed by atoms with Gasteiger partial charge in [0.1, 0.15) is 0 Å². The van der Waals surface area contributed by atoms with E-state index in [1.165, 1.54) is 7.11 Å². The number of rotatable bonds is 3. The van der Waals surface area contributed by atoms with Crippen LogP contribution >= 0.6 is 0 Å². The highest BCUT2D eigenvalue weighted by Crippen LogP contribution is 2.65. The Kier molecular flexibility index (Phi) is 5.00. The lowest BCUT2D eigenvalue weighted by Crippen LogP contribution is -2.60. The van der Waals surface area contributed by atoms with Gasteiger partial charge in [-0.05, 0) is 80.5 Å². The number of fused-ring (bicyclic) bond motifs is 3. The lowest BCUT2D eigenvalue weighted by molar-refractivity contribution is -0.192. The van der Waals surface area contributed by atoms with Gasteiger partial charge in [-0.25, -0.2) is 0 Å². The number of carbonyl (C=O) groups is 1. The molecule has 0 heterocycles. The summed E-state index contributed by atoms with van der Waals surface area (Å²) in [5.74, 6) is 1.06. The smallest absolute Gasteiger partial charge is 0.311 e. The van der Waals surface area contributed by atoms with Crippen LogP contribution in [0, 0.1) is 34.0 Å². The molecule has 25 heavy (non-hydrogen) atoms. The topological polar surface area (TPSA) is 66.8 Å². The first kappa shape index (κ1) is 19.2. The summed E-state index contributed by atoms with van der Waals surface area (Å²) in [6, 6.07) is 0. The quantitative estimate of drug-likeness (QED) is 0.763. The van der Waals surface area contributed by atoms with Gasteiger partial charge >= 0.3 is 5.97 Å². The van der Waals surface area contributed by atoms with Gasteiger partial charge < -0.3 is 14.9 Å². The molecule has 0 aromatic carbocycles. The monoisotopic (exact) mass is 352 g/mol. The van der Waals surface area contributed by atoms with E-state index in [1.807, 2.05) is 0 Å². The molecule has 0 aromatic heterocycles. The zero-order chi connectivity index (χ0) is 18.5. The van der Waals surface area contributed by atoms with Gasteiger partial charge in [-0.2, -0.15) is 0 Å². The van der Waals surface area contributed by atoms with Crippen molar-refractivity contribution in [2.75, 3.05) is 13.7 Å². The second-order valence-corrected chi connectivity index (χ2v) is 9.78. The molecular weight excluding hydrogens is 316 g/mol. The summed E-state index contributed by atoms with van der Waals surface area (Å²) in [4.78, 5) is 12.6. The predicted molar refractivity (Wildman–Crippen MR) is 96.8 cm³/mol. The van der Waals surface area contributed by atoms with E-state index in [0.717, 1.165) is 44.9 Å². The Bertz CT molecular complexity index is 520. The second-order valence-electron chi connectivity index (χ2n) is 9.78. The fourth-order valence-corrected chi connectivity index (χ4v) is 7.13. The summed E-state index contributed by atoms with van der Waals surface area (Å²) in [6.07, 6.45) is 7.51. The zero-order valence-corrected chi connectivity index (χ0v) is 16.4. The molecule has 0 spiro atoms. The van der Waals surface area contributed by atoms with E-state index in [9.17, 15) is 15.0 Å². The minimum absolute atomic E-state index is 0.0525. The fourth-order valence-electron chi connectivity index (χ4n) is 7.13. The Balaban J connectivity index is 1.90. The van der Waals surface area contributed by atoms with Crippen molar-refractivity contribution < 1.29 is 19.7 Å². The van der Waals surface area contributed by atoms with E-state index >= 15 is 0 Å². The van der Waals surface area contributed by atoms with Crippen molar-refractivity contribution in [1.29, 1.82) is 0 Å². The van der Waals surface area contributed by atoms with Crippen LogP contribution in [0.15, 0.2) is 0 Å². The number of aliphatic hydroxyl groups excluding tert-OH is 2. The van der Waals surface area contributed by atoms with Crippen LogP contribution in [0.1, 0.15) is 72.1 Å². The van der Waals surface area contributed by atoms with Gasteiger partial charge in [0, 0.05) is 6.61 Å². The van der Waals surface area contributed by atoms with Gasteiger partial charge in [0.05, 0.1) is 18.6 Å². The molecule has 2 N–H and O–H groups in total. The first-order valence-electron chi connectivity index (χ1n) is 10.1. The molecule has 0 radical (unpaired) electrons. The Hall–Kier alpha value is -0.610. The SMILES string of the molecule is COC(=O)[C@]1(C)CCC[C@@]2(C)[C@H]1CC[C@@H]1[C@@H](O)[C@@](C)(CCO)CC[C@@H]12. The second kappa shape index (κ2) is 6.53. The van der Waals surface area contributed by atoms with Crippen LogP contribution in [-0.4, -0.2) is 36.0 Å². The third-order valence-corrected chi connectivity index (χ3v) is 8.61. The fraction of sp³-hybridized carbons (Fsp3) is 0.952. The van der Waals surface area contributed by atoms with Gasteiger partial charge in [-0.1, -0.05) is 20.3 Å². The molecule has 0 saturated heterocycles. The third-order valence-electron chi connectivity index (χ3n) is 8.61. The number of hydrogen-bond donors (Lipinski definition) is 2. The number of carbonyl (C=O) groups excluding carboxylic acids is 1. The summed E-state index contributed by atoms with van der Waals surface area (Å²) < 4.78 is 5.19. The standard InChI is InChI=1S/C21H36O4/c1-19(12-13-22)11-8-15-14(17(19)23)6-7-16-20(15,2)9-5-10-21(16,3)18(24)25-4/h14-17,22-23H,5-13H2,1-4H3/t14-,15-,16+,17+,19+,20+,21+/m0/s1. The lowest BCUT2D eigenvalue weighted by atomic mass is 9.42. The minimum atomic E-state index is -0.385. The van der Waals surface area contributed by atoms with Crippen LogP contribution in [0.4, 0.5) is 0 Å². The lowest BCUT2D eigenvalue weighted by Gasteiger charge is -2.63. The highest BCUT2D eigenvalue weighted by Gasteiger charge is 2.62. The van der Waals surface area contributed by atoms with Gasteiger partial charge in [0.15, 0.2) is 0 Å². The van der Waals surface area contributed by atoms with Gasteiger partial charge in [-0.15, -0.1) is 0 Å². The number of ether oxygens (including phenoxy) is 1. The Morgan fingerprint density at radius 3 is 2.48 bits per heavy atom. The van der Waals surface area contributed by atoms with Gasteiger partial charge in [-0.3, -0.25) is 4.79 Å². The molecule has 0 aliphatic heterocycles. The normalized spacial score (nSPS) is 49.8. The molecule has 3 saturated carbocycles. The van der Waals surface area contributed by atoms with E-state index in [-0.39, 0.29) is 34.9 Å². The Labute approximate surface area is 152 Å². The maximum absolute atomic E-state index is 12.6. The van der Waals surface area contributed by atoms with Crippen molar-refractivity contribution in [3.8, 4) is 0 Å². The number of aliphatic hydroxyl groups is 2. The van der Waals surface area contributed by atoms with Crippen LogP contribution in [0.3, 0.4) is 0 Å². The molecule has 3 aliphatic rings. The maximum atomic E-state index is 12.6. The number of esters is 1. The summed E-state index contributed by atoms with van der Waals surface area (Å²) >= 11 is 0. The highest BCUT2D eigenvalue weighted by atomic mass is 16.5. The summed E-state index contributed by atoms with van der Waals surface area (Å²) in [6.45, 7) is 6.76. The van der Waals surface area contributed by atoms with E-state index in [2.05, 4.69) is 20.8 Å². The Morgan fingerprint density at radius 1 is 1.12 bits per heavy atom. The average molecular weight is 353 g/mol. The van der Waals surface area contributed by atoms with Crippen molar-refractivity contribution in [3.05, 3.63) is 0 Å².